The van der Waals surface area contributed by atoms with Gasteiger partial charge in [0.1, 0.15) is 11.6 Å². The summed E-state index contributed by atoms with van der Waals surface area (Å²) in [4.78, 5) is 42.0. The molecule has 1 amide bonds. The van der Waals surface area contributed by atoms with Crippen LogP contribution in [0.15, 0.2) is 58.1 Å². The van der Waals surface area contributed by atoms with E-state index < -0.39 is 17.2 Å². The Morgan fingerprint density at radius 3 is 2.48 bits per heavy atom. The Kier molecular flexibility index (Phi) is 7.71. The number of hydrogen-bond donors (Lipinski definition) is 2. The Hall–Kier alpha value is -3.81. The topological polar surface area (TPSA) is 110 Å². The second kappa shape index (κ2) is 10.7. The van der Waals surface area contributed by atoms with E-state index in [1.54, 1.807) is 6.07 Å². The first-order valence-corrected chi connectivity index (χ1v) is 11.0. The normalized spacial score (nSPS) is 10.8. The number of nitrogens with two attached hydrogens (primary N) is 1. The van der Waals surface area contributed by atoms with Crippen LogP contribution in [-0.4, -0.2) is 22.1 Å². The SMILES string of the molecule is CCCCn1c(N)c(N(Cc2ccccc2)C(=O)COc2ccc(C)c(C)c2)c(=O)[nH]c1=O. The van der Waals surface area contributed by atoms with Crippen molar-refractivity contribution in [2.45, 2.75) is 46.7 Å². The van der Waals surface area contributed by atoms with Crippen molar-refractivity contribution in [3.05, 3.63) is 86.1 Å². The number of nitrogen functional groups attached to an aromatic ring is 1. The number of hydrogen-bond acceptors (Lipinski definition) is 5. The smallest absolute Gasteiger partial charge is 0.330 e. The second-order valence-electron chi connectivity index (χ2n) is 8.00. The third-order valence-electron chi connectivity index (χ3n) is 5.54. The third-order valence-corrected chi connectivity index (χ3v) is 5.54. The molecule has 0 bridgehead atoms. The number of carbonyl (C=O) groups is 1. The Bertz CT molecular complexity index is 1230. The van der Waals surface area contributed by atoms with Gasteiger partial charge in [0.05, 0.1) is 6.54 Å². The van der Waals surface area contributed by atoms with Gasteiger partial charge in [-0.05, 0) is 49.1 Å². The molecule has 33 heavy (non-hydrogen) atoms. The summed E-state index contributed by atoms with van der Waals surface area (Å²) in [5.41, 5.74) is 7.89. The molecule has 0 aliphatic rings. The number of aromatic nitrogens is 2. The Balaban J connectivity index is 1.97. The lowest BCUT2D eigenvalue weighted by Crippen LogP contribution is -2.42. The number of nitrogens with zero attached hydrogens (tertiary/aromatic N) is 2. The molecule has 0 unspecified atom stereocenters. The van der Waals surface area contributed by atoms with Crippen LogP contribution >= 0.6 is 0 Å². The number of aryl methyl sites for hydroxylation is 2. The number of amides is 1. The highest BCUT2D eigenvalue weighted by molar-refractivity contribution is 5.96. The van der Waals surface area contributed by atoms with Crippen molar-refractivity contribution >= 4 is 17.4 Å². The van der Waals surface area contributed by atoms with Gasteiger partial charge in [0.15, 0.2) is 12.3 Å². The quantitative estimate of drug-likeness (QED) is 0.520. The molecule has 3 rings (SSSR count). The predicted molar refractivity (Wildman–Crippen MR) is 130 cm³/mol. The first kappa shape index (κ1) is 23.8. The van der Waals surface area contributed by atoms with Crippen LogP contribution in [0.5, 0.6) is 5.75 Å². The molecule has 8 nitrogen and oxygen atoms in total. The number of unbranched alkanes of at least 4 members (excludes halogenated alkanes) is 1. The summed E-state index contributed by atoms with van der Waals surface area (Å²) in [7, 11) is 0. The number of ether oxygens (including phenoxy) is 1. The summed E-state index contributed by atoms with van der Waals surface area (Å²) >= 11 is 0. The number of aromatic amines is 1. The van der Waals surface area contributed by atoms with E-state index in [4.69, 9.17) is 10.5 Å². The van der Waals surface area contributed by atoms with E-state index in [1.807, 2.05) is 63.2 Å². The van der Waals surface area contributed by atoms with Crippen molar-refractivity contribution in [2.75, 3.05) is 17.2 Å². The minimum absolute atomic E-state index is 0.0346. The minimum atomic E-state index is -0.708. The van der Waals surface area contributed by atoms with Crippen molar-refractivity contribution in [3.8, 4) is 5.75 Å². The van der Waals surface area contributed by atoms with Gasteiger partial charge in [-0.15, -0.1) is 0 Å². The highest BCUT2D eigenvalue weighted by Crippen LogP contribution is 2.21. The molecule has 2 aromatic carbocycles. The molecule has 8 heteroatoms. The van der Waals surface area contributed by atoms with Crippen molar-refractivity contribution in [2.24, 2.45) is 0 Å². The molecule has 1 aromatic heterocycles. The number of benzene rings is 2. The Morgan fingerprint density at radius 2 is 1.82 bits per heavy atom. The van der Waals surface area contributed by atoms with E-state index in [1.165, 1.54) is 9.47 Å². The highest BCUT2D eigenvalue weighted by atomic mass is 16.5. The minimum Gasteiger partial charge on any atom is -0.484 e. The Morgan fingerprint density at radius 1 is 1.09 bits per heavy atom. The molecule has 174 valence electrons. The molecule has 0 saturated carbocycles. The summed E-state index contributed by atoms with van der Waals surface area (Å²) in [5.74, 6) is 0.0727. The average molecular weight is 451 g/mol. The van der Waals surface area contributed by atoms with Gasteiger partial charge in [-0.25, -0.2) is 4.79 Å². The molecular formula is C25H30N4O4. The third kappa shape index (κ3) is 5.71. The van der Waals surface area contributed by atoms with Gasteiger partial charge in [0.2, 0.25) is 0 Å². The van der Waals surface area contributed by atoms with Crippen molar-refractivity contribution in [1.29, 1.82) is 0 Å². The van der Waals surface area contributed by atoms with Gasteiger partial charge in [0.25, 0.3) is 11.5 Å². The van der Waals surface area contributed by atoms with E-state index in [0.717, 1.165) is 23.1 Å². The van der Waals surface area contributed by atoms with Crippen LogP contribution in [0.25, 0.3) is 0 Å². The average Bonchev–Trinajstić information content (AvgIpc) is 2.79. The van der Waals surface area contributed by atoms with E-state index in [9.17, 15) is 14.4 Å². The molecule has 0 spiro atoms. The zero-order valence-electron chi connectivity index (χ0n) is 19.3. The van der Waals surface area contributed by atoms with Gasteiger partial charge < -0.3 is 10.5 Å². The fourth-order valence-electron chi connectivity index (χ4n) is 3.46. The maximum Gasteiger partial charge on any atom is 0.330 e. The molecule has 0 fully saturated rings. The summed E-state index contributed by atoms with van der Waals surface area (Å²) in [6.07, 6.45) is 1.55. The van der Waals surface area contributed by atoms with E-state index in [2.05, 4.69) is 4.98 Å². The zero-order valence-corrected chi connectivity index (χ0v) is 19.3. The molecule has 3 N–H and O–H groups in total. The summed E-state index contributed by atoms with van der Waals surface area (Å²) in [6, 6.07) is 14.8. The highest BCUT2D eigenvalue weighted by Gasteiger charge is 2.25. The molecule has 0 radical (unpaired) electrons. The van der Waals surface area contributed by atoms with Crippen LogP contribution in [0.2, 0.25) is 0 Å². The van der Waals surface area contributed by atoms with Crippen molar-refractivity contribution in [3.63, 3.8) is 0 Å². The molecule has 3 aromatic rings. The van der Waals surface area contributed by atoms with Gasteiger partial charge >= 0.3 is 5.69 Å². The van der Waals surface area contributed by atoms with Gasteiger partial charge in [-0.2, -0.15) is 0 Å². The molecule has 1 heterocycles. The van der Waals surface area contributed by atoms with Crippen LogP contribution < -0.4 is 26.6 Å². The summed E-state index contributed by atoms with van der Waals surface area (Å²) in [6.45, 7) is 6.11. The number of carbonyl (C=O) groups excluding carboxylic acids is 1. The molecule has 0 atom stereocenters. The molecule has 0 aliphatic carbocycles. The molecule has 0 aliphatic heterocycles. The monoisotopic (exact) mass is 450 g/mol. The maximum absolute atomic E-state index is 13.3. The second-order valence-corrected chi connectivity index (χ2v) is 8.00. The van der Waals surface area contributed by atoms with Crippen LogP contribution in [0.3, 0.4) is 0 Å². The van der Waals surface area contributed by atoms with Crippen LogP contribution in [0.1, 0.15) is 36.5 Å². The van der Waals surface area contributed by atoms with Gasteiger partial charge in [0, 0.05) is 6.54 Å². The Labute approximate surface area is 192 Å². The lowest BCUT2D eigenvalue weighted by Gasteiger charge is -2.25. The van der Waals surface area contributed by atoms with E-state index in [-0.39, 0.29) is 24.7 Å². The fraction of sp³-hybridized carbons (Fsp3) is 0.320. The standard InChI is InChI=1S/C25H30N4O4/c1-4-5-13-28-23(26)22(24(31)27-25(28)32)29(15-19-9-7-6-8-10-19)21(30)16-33-20-12-11-17(2)18(3)14-20/h6-12,14H,4-5,13,15-16,26H2,1-3H3,(H,27,31,32). The van der Waals surface area contributed by atoms with Gasteiger partial charge in [-0.1, -0.05) is 49.7 Å². The predicted octanol–water partition coefficient (Wildman–Crippen LogP) is 3.15. The summed E-state index contributed by atoms with van der Waals surface area (Å²) in [5, 5.41) is 0. The first-order valence-electron chi connectivity index (χ1n) is 11.0. The van der Waals surface area contributed by atoms with Crippen LogP contribution in [0, 0.1) is 13.8 Å². The largest absolute Gasteiger partial charge is 0.484 e. The summed E-state index contributed by atoms with van der Waals surface area (Å²) < 4.78 is 7.03. The van der Waals surface area contributed by atoms with Crippen molar-refractivity contribution < 1.29 is 9.53 Å². The molecular weight excluding hydrogens is 420 g/mol. The lowest BCUT2D eigenvalue weighted by molar-refractivity contribution is -0.120. The fourth-order valence-corrected chi connectivity index (χ4v) is 3.46. The lowest BCUT2D eigenvalue weighted by atomic mass is 10.1. The van der Waals surface area contributed by atoms with E-state index >= 15 is 0 Å². The van der Waals surface area contributed by atoms with Gasteiger partial charge in [-0.3, -0.25) is 24.0 Å². The van der Waals surface area contributed by atoms with Crippen LogP contribution in [0.4, 0.5) is 11.5 Å². The molecule has 0 saturated heterocycles. The zero-order chi connectivity index (χ0) is 24.0. The van der Waals surface area contributed by atoms with Crippen LogP contribution in [-0.2, 0) is 17.9 Å². The van der Waals surface area contributed by atoms with E-state index in [0.29, 0.717) is 18.7 Å². The number of rotatable bonds is 9. The number of anilines is 2. The maximum atomic E-state index is 13.3. The first-order chi connectivity index (χ1) is 15.8. The number of H-pyrrole nitrogens is 1. The van der Waals surface area contributed by atoms with Crippen molar-refractivity contribution in [1.82, 2.24) is 9.55 Å². The number of nitrogens with one attached hydrogen (secondary N) is 1.